The van der Waals surface area contributed by atoms with E-state index < -0.39 is 0 Å². The molecular formula is C13H23N2+. The summed E-state index contributed by atoms with van der Waals surface area (Å²) in [5.74, 6) is 0. The van der Waals surface area contributed by atoms with Gasteiger partial charge in [0.25, 0.3) is 0 Å². The minimum Gasteiger partial charge on any atom is -0.233 e. The van der Waals surface area contributed by atoms with Crippen LogP contribution in [-0.4, -0.2) is 4.57 Å². The topological polar surface area (TPSA) is 8.81 Å². The summed E-state index contributed by atoms with van der Waals surface area (Å²) in [5, 5.41) is 0. The smallest absolute Gasteiger partial charge is 0.233 e. The Morgan fingerprint density at radius 2 is 1.53 bits per heavy atom. The van der Waals surface area contributed by atoms with Crippen molar-refractivity contribution >= 4 is 11.0 Å². The fraction of sp³-hybridized carbons (Fsp3) is 0.462. The molecule has 2 heteroatoms. The minimum atomic E-state index is 1.27. The number of para-hydroxylation sites is 2. The SMILES string of the molecule is CC.CC.Cn1c[n+](C)c2ccccc21. The first-order valence-corrected chi connectivity index (χ1v) is 5.69. The molecule has 0 aliphatic heterocycles. The van der Waals surface area contributed by atoms with Gasteiger partial charge in [0.15, 0.2) is 11.0 Å². The van der Waals surface area contributed by atoms with Crippen molar-refractivity contribution in [3.8, 4) is 0 Å². The van der Waals surface area contributed by atoms with Gasteiger partial charge in [-0.1, -0.05) is 39.8 Å². The zero-order valence-electron chi connectivity index (χ0n) is 10.8. The summed E-state index contributed by atoms with van der Waals surface area (Å²) < 4.78 is 4.24. The van der Waals surface area contributed by atoms with E-state index in [0.717, 1.165) is 0 Å². The van der Waals surface area contributed by atoms with Crippen molar-refractivity contribution in [2.45, 2.75) is 27.7 Å². The maximum atomic E-state index is 2.12. The third-order valence-corrected chi connectivity index (χ3v) is 1.99. The van der Waals surface area contributed by atoms with Crippen LogP contribution in [0.1, 0.15) is 27.7 Å². The molecule has 2 rings (SSSR count). The number of hydrogen-bond acceptors (Lipinski definition) is 0. The molecule has 0 amide bonds. The Bertz CT molecular complexity index is 352. The lowest BCUT2D eigenvalue weighted by molar-refractivity contribution is -0.645. The normalized spacial score (nSPS) is 8.67. The third-order valence-electron chi connectivity index (χ3n) is 1.99. The van der Waals surface area contributed by atoms with Crippen molar-refractivity contribution < 1.29 is 4.57 Å². The van der Waals surface area contributed by atoms with Gasteiger partial charge in [-0.3, -0.25) is 0 Å². The fourth-order valence-electron chi connectivity index (χ4n) is 1.44. The molecule has 1 aromatic carbocycles. The van der Waals surface area contributed by atoms with Gasteiger partial charge in [-0.2, -0.15) is 0 Å². The first-order valence-electron chi connectivity index (χ1n) is 5.69. The highest BCUT2D eigenvalue weighted by Crippen LogP contribution is 2.07. The summed E-state index contributed by atoms with van der Waals surface area (Å²) in [7, 11) is 4.12. The molecule has 0 atom stereocenters. The Morgan fingerprint density at radius 1 is 1.00 bits per heavy atom. The van der Waals surface area contributed by atoms with Gasteiger partial charge in [-0.05, 0) is 12.1 Å². The third kappa shape index (κ3) is 3.08. The van der Waals surface area contributed by atoms with Crippen LogP contribution in [0.5, 0.6) is 0 Å². The minimum absolute atomic E-state index is 1.27. The van der Waals surface area contributed by atoms with E-state index in [9.17, 15) is 0 Å². The van der Waals surface area contributed by atoms with Gasteiger partial charge in [0, 0.05) is 0 Å². The first-order chi connectivity index (χ1) is 7.29. The van der Waals surface area contributed by atoms with Gasteiger partial charge < -0.3 is 0 Å². The van der Waals surface area contributed by atoms with Gasteiger partial charge in [0.1, 0.15) is 0 Å². The van der Waals surface area contributed by atoms with Crippen molar-refractivity contribution in [3.05, 3.63) is 30.6 Å². The van der Waals surface area contributed by atoms with E-state index in [1.807, 2.05) is 27.7 Å². The summed E-state index contributed by atoms with van der Waals surface area (Å²) in [5.41, 5.74) is 2.55. The number of benzene rings is 1. The summed E-state index contributed by atoms with van der Waals surface area (Å²) in [4.78, 5) is 0. The summed E-state index contributed by atoms with van der Waals surface area (Å²) >= 11 is 0. The lowest BCUT2D eigenvalue weighted by Gasteiger charge is -1.84. The average molecular weight is 207 g/mol. The molecule has 0 saturated heterocycles. The second-order valence-electron chi connectivity index (χ2n) is 2.83. The molecular weight excluding hydrogens is 184 g/mol. The van der Waals surface area contributed by atoms with Crippen molar-refractivity contribution in [3.63, 3.8) is 0 Å². The number of rotatable bonds is 0. The van der Waals surface area contributed by atoms with E-state index in [1.165, 1.54) is 11.0 Å². The van der Waals surface area contributed by atoms with Crippen LogP contribution in [-0.2, 0) is 14.1 Å². The standard InChI is InChI=1S/C9H11N2.2C2H6/c1-10-7-11(2)9-6-4-3-5-8(9)10;2*1-2/h3-7H,1-2H3;2*1-2H3/q+1;;. The monoisotopic (exact) mass is 207 g/mol. The molecule has 15 heavy (non-hydrogen) atoms. The van der Waals surface area contributed by atoms with E-state index in [1.54, 1.807) is 0 Å². The molecule has 0 fully saturated rings. The molecule has 0 aliphatic carbocycles. The van der Waals surface area contributed by atoms with Crippen molar-refractivity contribution in [2.75, 3.05) is 0 Å². The predicted molar refractivity (Wildman–Crippen MR) is 66.8 cm³/mol. The molecule has 2 aromatic rings. The highest BCUT2D eigenvalue weighted by molar-refractivity contribution is 5.71. The molecule has 0 N–H and O–H groups in total. The molecule has 0 saturated carbocycles. The largest absolute Gasteiger partial charge is 0.244 e. The van der Waals surface area contributed by atoms with E-state index >= 15 is 0 Å². The summed E-state index contributed by atoms with van der Waals surface area (Å²) in [6.45, 7) is 8.00. The van der Waals surface area contributed by atoms with Crippen molar-refractivity contribution in [1.29, 1.82) is 0 Å². The van der Waals surface area contributed by atoms with Crippen molar-refractivity contribution in [2.24, 2.45) is 14.1 Å². The Kier molecular flexibility index (Phi) is 6.43. The van der Waals surface area contributed by atoms with Gasteiger partial charge >= 0.3 is 0 Å². The molecule has 0 aliphatic rings. The molecule has 1 heterocycles. The highest BCUT2D eigenvalue weighted by atomic mass is 15.1. The lowest BCUT2D eigenvalue weighted by atomic mass is 10.3. The van der Waals surface area contributed by atoms with Crippen LogP contribution in [0.25, 0.3) is 11.0 Å². The van der Waals surface area contributed by atoms with Crippen LogP contribution >= 0.6 is 0 Å². The van der Waals surface area contributed by atoms with Crippen LogP contribution in [0.2, 0.25) is 0 Å². The van der Waals surface area contributed by atoms with E-state index in [4.69, 9.17) is 0 Å². The lowest BCUT2D eigenvalue weighted by Crippen LogP contribution is -2.25. The zero-order chi connectivity index (χ0) is 11.8. The highest BCUT2D eigenvalue weighted by Gasteiger charge is 2.06. The van der Waals surface area contributed by atoms with Crippen LogP contribution in [0, 0.1) is 0 Å². The Hall–Kier alpha value is -1.31. The molecule has 0 spiro atoms. The average Bonchev–Trinajstić information content (AvgIpc) is 2.61. The fourth-order valence-corrected chi connectivity index (χ4v) is 1.44. The maximum absolute atomic E-state index is 2.12. The van der Waals surface area contributed by atoms with Gasteiger partial charge in [0.2, 0.25) is 6.33 Å². The molecule has 2 nitrogen and oxygen atoms in total. The van der Waals surface area contributed by atoms with Crippen LogP contribution in [0.15, 0.2) is 30.6 Å². The number of nitrogens with zero attached hydrogens (tertiary/aromatic N) is 2. The molecule has 0 unspecified atom stereocenters. The molecule has 0 bridgehead atoms. The summed E-state index contributed by atoms with van der Waals surface area (Å²) in [6, 6.07) is 8.36. The Morgan fingerprint density at radius 3 is 2.07 bits per heavy atom. The number of fused-ring (bicyclic) bond motifs is 1. The maximum Gasteiger partial charge on any atom is 0.244 e. The van der Waals surface area contributed by atoms with E-state index in [-0.39, 0.29) is 0 Å². The summed E-state index contributed by atoms with van der Waals surface area (Å²) in [6.07, 6.45) is 2.07. The van der Waals surface area contributed by atoms with Crippen LogP contribution in [0.3, 0.4) is 0 Å². The quantitative estimate of drug-likeness (QED) is 0.587. The van der Waals surface area contributed by atoms with Gasteiger partial charge in [-0.25, -0.2) is 9.13 Å². The van der Waals surface area contributed by atoms with Gasteiger partial charge in [0.05, 0.1) is 14.1 Å². The number of hydrogen-bond donors (Lipinski definition) is 0. The Labute approximate surface area is 93.2 Å². The van der Waals surface area contributed by atoms with Crippen LogP contribution < -0.4 is 4.57 Å². The van der Waals surface area contributed by atoms with Gasteiger partial charge in [-0.15, -0.1) is 0 Å². The van der Waals surface area contributed by atoms with Crippen LogP contribution in [0.4, 0.5) is 0 Å². The Balaban J connectivity index is 0.000000442. The van der Waals surface area contributed by atoms with Crippen molar-refractivity contribution in [1.82, 2.24) is 4.57 Å². The van der Waals surface area contributed by atoms with E-state index in [2.05, 4.69) is 53.8 Å². The van der Waals surface area contributed by atoms with E-state index in [0.29, 0.717) is 0 Å². The predicted octanol–water partition coefficient (Wildman–Crippen LogP) is 3.06. The molecule has 1 aromatic heterocycles. The first kappa shape index (κ1) is 13.7. The zero-order valence-corrected chi connectivity index (χ0v) is 10.8. The molecule has 0 radical (unpaired) electrons. The number of aryl methyl sites for hydroxylation is 2. The molecule has 84 valence electrons. The number of aromatic nitrogens is 2. The second kappa shape index (κ2) is 7.04. The number of imidazole rings is 1. The second-order valence-corrected chi connectivity index (χ2v) is 2.83.